The van der Waals surface area contributed by atoms with Gasteiger partial charge in [-0.05, 0) is 12.1 Å². The molecule has 1 amide bonds. The Morgan fingerprint density at radius 1 is 1.42 bits per heavy atom. The fraction of sp³-hybridized carbons (Fsp3) is 0.0909. The Balaban J connectivity index is 2.00. The van der Waals surface area contributed by atoms with Gasteiger partial charge in [0.15, 0.2) is 11.4 Å². The van der Waals surface area contributed by atoms with Gasteiger partial charge >= 0.3 is 5.97 Å². The Hall–Kier alpha value is -2.48. The van der Waals surface area contributed by atoms with Crippen molar-refractivity contribution in [2.45, 2.75) is 6.54 Å². The third-order valence-corrected chi connectivity index (χ3v) is 3.02. The number of nitrogens with one attached hydrogen (secondary N) is 1. The van der Waals surface area contributed by atoms with E-state index < -0.39 is 11.9 Å². The summed E-state index contributed by atoms with van der Waals surface area (Å²) in [5.41, 5.74) is -0.146. The lowest BCUT2D eigenvalue weighted by molar-refractivity contribution is 0.0691. The van der Waals surface area contributed by atoms with E-state index in [1.54, 1.807) is 0 Å². The van der Waals surface area contributed by atoms with Crippen molar-refractivity contribution in [3.05, 3.63) is 40.1 Å². The van der Waals surface area contributed by atoms with E-state index in [9.17, 15) is 14.7 Å². The highest BCUT2D eigenvalue weighted by Crippen LogP contribution is 2.13. The quantitative estimate of drug-likeness (QED) is 0.765. The minimum absolute atomic E-state index is 0.0602. The number of carboxylic acids is 1. The molecule has 0 fully saturated rings. The average Bonchev–Trinajstić information content (AvgIpc) is 2.85. The Morgan fingerprint density at radius 2 is 2.21 bits per heavy atom. The molecule has 2 aromatic heterocycles. The smallest absolute Gasteiger partial charge is 0.355 e. The van der Waals surface area contributed by atoms with Gasteiger partial charge in [0.2, 0.25) is 0 Å². The molecule has 0 aliphatic carbocycles. The van der Waals surface area contributed by atoms with Crippen LogP contribution in [0.1, 0.15) is 26.0 Å². The Labute approximate surface area is 111 Å². The molecule has 0 saturated heterocycles. The van der Waals surface area contributed by atoms with Crippen molar-refractivity contribution in [2.24, 2.45) is 0 Å². The first kappa shape index (κ1) is 13.0. The highest BCUT2D eigenvalue weighted by molar-refractivity contribution is 7.09. The third-order valence-electron chi connectivity index (χ3n) is 2.17. The number of thiazole rings is 1. The van der Waals surface area contributed by atoms with Crippen molar-refractivity contribution >= 4 is 23.2 Å². The summed E-state index contributed by atoms with van der Waals surface area (Å²) in [6.07, 6.45) is 1.39. The minimum atomic E-state index is -1.11. The van der Waals surface area contributed by atoms with Gasteiger partial charge in [0.25, 0.3) is 5.91 Å². The van der Waals surface area contributed by atoms with Gasteiger partial charge in [0.1, 0.15) is 10.8 Å². The van der Waals surface area contributed by atoms with Gasteiger partial charge in [0, 0.05) is 11.6 Å². The number of hydrogen-bond donors (Lipinski definition) is 3. The molecule has 0 unspecified atom stereocenters. The number of amides is 1. The van der Waals surface area contributed by atoms with Gasteiger partial charge in [-0.2, -0.15) is 0 Å². The van der Waals surface area contributed by atoms with Crippen molar-refractivity contribution in [1.82, 2.24) is 15.3 Å². The van der Waals surface area contributed by atoms with Gasteiger partial charge in [-0.1, -0.05) is 0 Å². The van der Waals surface area contributed by atoms with Crippen molar-refractivity contribution in [3.63, 3.8) is 0 Å². The highest BCUT2D eigenvalue weighted by atomic mass is 32.1. The van der Waals surface area contributed by atoms with E-state index >= 15 is 0 Å². The molecule has 0 aliphatic rings. The van der Waals surface area contributed by atoms with Crippen LogP contribution in [0.25, 0.3) is 0 Å². The molecule has 0 atom stereocenters. The van der Waals surface area contributed by atoms with E-state index in [4.69, 9.17) is 5.11 Å². The summed E-state index contributed by atoms with van der Waals surface area (Å²) >= 11 is 1.13. The Morgan fingerprint density at radius 3 is 2.84 bits per heavy atom. The molecule has 0 bridgehead atoms. The number of aromatic carboxylic acids is 1. The van der Waals surface area contributed by atoms with Crippen LogP contribution >= 0.6 is 11.3 Å². The SMILES string of the molecule is O=C(O)c1csc(CNC(=O)c2ncccc2O)n1. The van der Waals surface area contributed by atoms with Gasteiger partial charge in [-0.15, -0.1) is 11.3 Å². The second-order valence-corrected chi connectivity index (χ2v) is 4.43. The maximum atomic E-state index is 11.7. The van der Waals surface area contributed by atoms with E-state index in [0.717, 1.165) is 11.3 Å². The fourth-order valence-electron chi connectivity index (χ4n) is 1.30. The summed E-state index contributed by atoms with van der Waals surface area (Å²) in [6.45, 7) is 0.0762. The monoisotopic (exact) mass is 279 g/mol. The summed E-state index contributed by atoms with van der Waals surface area (Å²) in [6, 6.07) is 2.86. The molecular formula is C11H9N3O4S. The van der Waals surface area contributed by atoms with Gasteiger partial charge < -0.3 is 15.5 Å². The number of aromatic nitrogens is 2. The van der Waals surface area contributed by atoms with Gasteiger partial charge in [-0.25, -0.2) is 14.8 Å². The van der Waals surface area contributed by atoms with Crippen LogP contribution in [0.3, 0.4) is 0 Å². The molecule has 2 rings (SSSR count). The summed E-state index contributed by atoms with van der Waals surface area (Å²) in [7, 11) is 0. The lowest BCUT2D eigenvalue weighted by Crippen LogP contribution is -2.23. The third kappa shape index (κ3) is 3.05. The van der Waals surface area contributed by atoms with Crippen LogP contribution < -0.4 is 5.32 Å². The molecule has 0 aliphatic heterocycles. The first-order chi connectivity index (χ1) is 9.08. The number of pyridine rings is 1. The van der Waals surface area contributed by atoms with Crippen LogP contribution in [-0.2, 0) is 6.54 Å². The van der Waals surface area contributed by atoms with Crippen LogP contribution in [0.2, 0.25) is 0 Å². The predicted molar refractivity (Wildman–Crippen MR) is 66.1 cm³/mol. The largest absolute Gasteiger partial charge is 0.505 e. The molecule has 2 heterocycles. The number of rotatable bonds is 4. The maximum Gasteiger partial charge on any atom is 0.355 e. The molecule has 0 spiro atoms. The summed E-state index contributed by atoms with van der Waals surface area (Å²) in [5, 5.41) is 22.5. The zero-order valence-electron chi connectivity index (χ0n) is 9.53. The molecule has 8 heteroatoms. The van der Waals surface area contributed by atoms with E-state index in [2.05, 4.69) is 15.3 Å². The van der Waals surface area contributed by atoms with Crippen LogP contribution in [0.4, 0.5) is 0 Å². The fourth-order valence-corrected chi connectivity index (χ4v) is 2.01. The zero-order chi connectivity index (χ0) is 13.8. The van der Waals surface area contributed by atoms with Gasteiger partial charge in [0.05, 0.1) is 6.54 Å². The van der Waals surface area contributed by atoms with E-state index in [1.165, 1.54) is 23.7 Å². The normalized spacial score (nSPS) is 10.1. The van der Waals surface area contributed by atoms with Crippen LogP contribution in [0, 0.1) is 0 Å². The first-order valence-corrected chi connectivity index (χ1v) is 6.06. The number of carboxylic acid groups (broad SMARTS) is 1. The summed E-state index contributed by atoms with van der Waals surface area (Å²) in [4.78, 5) is 29.9. The number of carbonyl (C=O) groups is 2. The van der Waals surface area contributed by atoms with Crippen molar-refractivity contribution in [2.75, 3.05) is 0 Å². The molecule has 2 aromatic rings. The van der Waals surface area contributed by atoms with Crippen LogP contribution in [-0.4, -0.2) is 32.1 Å². The number of carbonyl (C=O) groups excluding carboxylic acids is 1. The molecule has 19 heavy (non-hydrogen) atoms. The molecule has 7 nitrogen and oxygen atoms in total. The Bertz CT molecular complexity index is 626. The predicted octanol–water partition coefficient (Wildman–Crippen LogP) is 0.872. The van der Waals surface area contributed by atoms with E-state index in [-0.39, 0.29) is 23.7 Å². The summed E-state index contributed by atoms with van der Waals surface area (Å²) in [5.74, 6) is -1.88. The molecular weight excluding hydrogens is 270 g/mol. The number of nitrogens with zero attached hydrogens (tertiary/aromatic N) is 2. The van der Waals surface area contributed by atoms with E-state index in [0.29, 0.717) is 5.01 Å². The second kappa shape index (κ2) is 5.44. The lowest BCUT2D eigenvalue weighted by Gasteiger charge is -2.03. The van der Waals surface area contributed by atoms with E-state index in [1.807, 2.05) is 0 Å². The second-order valence-electron chi connectivity index (χ2n) is 3.49. The molecule has 98 valence electrons. The Kier molecular flexibility index (Phi) is 3.71. The highest BCUT2D eigenvalue weighted by Gasteiger charge is 2.13. The topological polar surface area (TPSA) is 112 Å². The maximum absolute atomic E-state index is 11.7. The molecule has 0 radical (unpaired) electrons. The lowest BCUT2D eigenvalue weighted by atomic mass is 10.3. The zero-order valence-corrected chi connectivity index (χ0v) is 10.3. The standard InChI is InChI=1S/C11H9N3O4S/c15-7-2-1-3-12-9(7)10(16)13-4-8-14-6(5-19-8)11(17)18/h1-3,5,15H,4H2,(H,13,16)(H,17,18). The first-order valence-electron chi connectivity index (χ1n) is 5.18. The van der Waals surface area contributed by atoms with Crippen molar-refractivity contribution in [1.29, 1.82) is 0 Å². The van der Waals surface area contributed by atoms with Gasteiger partial charge in [-0.3, -0.25) is 4.79 Å². The number of aromatic hydroxyl groups is 1. The van der Waals surface area contributed by atoms with Crippen molar-refractivity contribution < 1.29 is 19.8 Å². The van der Waals surface area contributed by atoms with Crippen LogP contribution in [0.15, 0.2) is 23.7 Å². The molecule has 3 N–H and O–H groups in total. The van der Waals surface area contributed by atoms with Crippen LogP contribution in [0.5, 0.6) is 5.75 Å². The average molecular weight is 279 g/mol. The summed E-state index contributed by atoms with van der Waals surface area (Å²) < 4.78 is 0. The molecule has 0 saturated carbocycles. The number of hydrogen-bond acceptors (Lipinski definition) is 6. The van der Waals surface area contributed by atoms with Crippen molar-refractivity contribution in [3.8, 4) is 5.75 Å². The minimum Gasteiger partial charge on any atom is -0.505 e. The molecule has 0 aromatic carbocycles.